The van der Waals surface area contributed by atoms with Gasteiger partial charge in [0.25, 0.3) is 0 Å². The maximum absolute atomic E-state index is 5.86. The van der Waals surface area contributed by atoms with E-state index in [2.05, 4.69) is 42.6 Å². The van der Waals surface area contributed by atoms with Crippen LogP contribution in [0.3, 0.4) is 0 Å². The summed E-state index contributed by atoms with van der Waals surface area (Å²) in [5.74, 6) is 0. The summed E-state index contributed by atoms with van der Waals surface area (Å²) in [6, 6.07) is 14.2. The number of hydrazone groups is 1. The van der Waals surface area contributed by atoms with Gasteiger partial charge in [-0.1, -0.05) is 41.4 Å². The maximum atomic E-state index is 5.86. The van der Waals surface area contributed by atoms with Gasteiger partial charge < -0.3 is 5.43 Å². The predicted octanol–water partition coefficient (Wildman–Crippen LogP) is 4.47. The summed E-state index contributed by atoms with van der Waals surface area (Å²) in [5, 5.41) is 5.20. The van der Waals surface area contributed by atoms with Crippen LogP contribution in [0.4, 0.5) is 0 Å². The van der Waals surface area contributed by atoms with Crippen LogP contribution in [0.5, 0.6) is 0 Å². The quantitative estimate of drug-likeness (QED) is 0.651. The Labute approximate surface area is 125 Å². The van der Waals surface area contributed by atoms with Gasteiger partial charge in [0.2, 0.25) is 0 Å². The molecular weight excluding hydrogens is 268 g/mol. The number of halogens is 1. The van der Waals surface area contributed by atoms with Gasteiger partial charge in [-0.05, 0) is 50.1 Å². The number of benzene rings is 2. The average Bonchev–Trinajstić information content (AvgIpc) is 2.43. The number of aryl methyl sites for hydroxylation is 2. The van der Waals surface area contributed by atoms with Crippen molar-refractivity contribution in [1.82, 2.24) is 5.43 Å². The Morgan fingerprint density at radius 1 is 1.10 bits per heavy atom. The summed E-state index contributed by atoms with van der Waals surface area (Å²) in [5.41, 5.74) is 8.95. The SMILES string of the molecule is C/C(=N/NCc1ccc(Cl)cc1)c1cc(C)ccc1C. The Hall–Kier alpha value is -1.80. The van der Waals surface area contributed by atoms with Crippen molar-refractivity contribution in [3.05, 3.63) is 69.7 Å². The molecule has 0 heterocycles. The van der Waals surface area contributed by atoms with Crippen molar-refractivity contribution in [1.29, 1.82) is 0 Å². The van der Waals surface area contributed by atoms with Crippen LogP contribution in [0.25, 0.3) is 0 Å². The van der Waals surface area contributed by atoms with Crippen LogP contribution < -0.4 is 5.43 Å². The van der Waals surface area contributed by atoms with Crippen molar-refractivity contribution >= 4 is 17.3 Å². The lowest BCUT2D eigenvalue weighted by atomic mass is 10.0. The normalized spacial score (nSPS) is 11.5. The largest absolute Gasteiger partial charge is 0.305 e. The Morgan fingerprint density at radius 2 is 1.80 bits per heavy atom. The fourth-order valence-corrected chi connectivity index (χ4v) is 2.16. The van der Waals surface area contributed by atoms with E-state index in [1.54, 1.807) is 0 Å². The third-order valence-corrected chi connectivity index (χ3v) is 3.48. The number of nitrogens with one attached hydrogen (secondary N) is 1. The van der Waals surface area contributed by atoms with Gasteiger partial charge in [0.1, 0.15) is 0 Å². The lowest BCUT2D eigenvalue weighted by Gasteiger charge is -2.08. The van der Waals surface area contributed by atoms with Crippen LogP contribution in [0, 0.1) is 13.8 Å². The molecule has 0 aromatic heterocycles. The summed E-state index contributed by atoms with van der Waals surface area (Å²) < 4.78 is 0. The molecule has 0 fully saturated rings. The molecule has 2 nitrogen and oxygen atoms in total. The summed E-state index contributed by atoms with van der Waals surface area (Å²) in [7, 11) is 0. The van der Waals surface area contributed by atoms with E-state index in [1.807, 2.05) is 31.2 Å². The number of nitrogens with zero attached hydrogens (tertiary/aromatic N) is 1. The molecule has 20 heavy (non-hydrogen) atoms. The van der Waals surface area contributed by atoms with Gasteiger partial charge in [0.05, 0.1) is 12.3 Å². The number of rotatable bonds is 4. The van der Waals surface area contributed by atoms with E-state index in [1.165, 1.54) is 16.7 Å². The topological polar surface area (TPSA) is 24.4 Å². The first-order valence-corrected chi connectivity index (χ1v) is 7.03. The zero-order valence-corrected chi connectivity index (χ0v) is 12.8. The van der Waals surface area contributed by atoms with Crippen LogP contribution in [0.1, 0.15) is 29.2 Å². The first kappa shape index (κ1) is 14.6. The molecule has 0 aliphatic rings. The second-order valence-electron chi connectivity index (χ2n) is 4.98. The zero-order valence-electron chi connectivity index (χ0n) is 12.1. The monoisotopic (exact) mass is 286 g/mol. The molecule has 0 aliphatic heterocycles. The van der Waals surface area contributed by atoms with Crippen LogP contribution in [-0.2, 0) is 6.54 Å². The highest BCUT2D eigenvalue weighted by Gasteiger charge is 2.02. The molecule has 0 saturated heterocycles. The highest BCUT2D eigenvalue weighted by molar-refractivity contribution is 6.30. The van der Waals surface area contributed by atoms with Crippen LogP contribution in [0.15, 0.2) is 47.6 Å². The number of hydrogen-bond donors (Lipinski definition) is 1. The Bertz CT molecular complexity index is 615. The van der Waals surface area contributed by atoms with E-state index in [0.29, 0.717) is 6.54 Å². The lowest BCUT2D eigenvalue weighted by Crippen LogP contribution is -2.10. The summed E-state index contributed by atoms with van der Waals surface area (Å²) in [6.45, 7) is 6.92. The Kier molecular flexibility index (Phi) is 4.80. The molecule has 0 radical (unpaired) electrons. The molecule has 0 saturated carbocycles. The van der Waals surface area contributed by atoms with E-state index < -0.39 is 0 Å². The molecule has 3 heteroatoms. The Balaban J connectivity index is 2.03. The maximum Gasteiger partial charge on any atom is 0.0647 e. The van der Waals surface area contributed by atoms with Gasteiger partial charge in [-0.2, -0.15) is 5.10 Å². The third-order valence-electron chi connectivity index (χ3n) is 3.23. The van der Waals surface area contributed by atoms with Crippen molar-refractivity contribution in [3.63, 3.8) is 0 Å². The highest BCUT2D eigenvalue weighted by atomic mass is 35.5. The summed E-state index contributed by atoms with van der Waals surface area (Å²) in [6.07, 6.45) is 0. The highest BCUT2D eigenvalue weighted by Crippen LogP contribution is 2.12. The fourth-order valence-electron chi connectivity index (χ4n) is 2.04. The molecule has 1 N–H and O–H groups in total. The van der Waals surface area contributed by atoms with Gasteiger partial charge in [-0.3, -0.25) is 0 Å². The van der Waals surface area contributed by atoms with Gasteiger partial charge in [0, 0.05) is 10.6 Å². The molecule has 0 atom stereocenters. The first-order chi connectivity index (χ1) is 9.56. The molecule has 2 aromatic carbocycles. The van der Waals surface area contributed by atoms with Crippen molar-refractivity contribution in [2.75, 3.05) is 0 Å². The van der Waals surface area contributed by atoms with Crippen LogP contribution >= 0.6 is 11.6 Å². The minimum absolute atomic E-state index is 0.694. The van der Waals surface area contributed by atoms with Crippen LogP contribution in [-0.4, -0.2) is 5.71 Å². The van der Waals surface area contributed by atoms with E-state index in [-0.39, 0.29) is 0 Å². The zero-order chi connectivity index (χ0) is 14.5. The molecule has 2 rings (SSSR count). The Morgan fingerprint density at radius 3 is 2.50 bits per heavy atom. The van der Waals surface area contributed by atoms with Crippen molar-refractivity contribution < 1.29 is 0 Å². The van der Waals surface area contributed by atoms with Crippen molar-refractivity contribution in [2.45, 2.75) is 27.3 Å². The van der Waals surface area contributed by atoms with E-state index >= 15 is 0 Å². The summed E-state index contributed by atoms with van der Waals surface area (Å²) >= 11 is 5.86. The van der Waals surface area contributed by atoms with Gasteiger partial charge in [-0.25, -0.2) is 0 Å². The smallest absolute Gasteiger partial charge is 0.0647 e. The second kappa shape index (κ2) is 6.58. The molecular formula is C17H19ClN2. The predicted molar refractivity (Wildman–Crippen MR) is 86.4 cm³/mol. The standard InChI is InChI=1S/C17H19ClN2/c1-12-4-5-13(2)17(10-12)14(3)20-19-11-15-6-8-16(18)9-7-15/h4-10,19H,11H2,1-3H3/b20-14-. The van der Waals surface area contributed by atoms with Gasteiger partial charge in [0.15, 0.2) is 0 Å². The number of hydrogen-bond acceptors (Lipinski definition) is 2. The molecule has 104 valence electrons. The van der Waals surface area contributed by atoms with E-state index in [9.17, 15) is 0 Å². The molecule has 0 unspecified atom stereocenters. The van der Waals surface area contributed by atoms with Crippen LogP contribution in [0.2, 0.25) is 5.02 Å². The average molecular weight is 287 g/mol. The third kappa shape index (κ3) is 3.84. The van der Waals surface area contributed by atoms with Crippen molar-refractivity contribution in [3.8, 4) is 0 Å². The second-order valence-corrected chi connectivity index (χ2v) is 5.41. The van der Waals surface area contributed by atoms with E-state index in [4.69, 9.17) is 11.6 Å². The van der Waals surface area contributed by atoms with E-state index in [0.717, 1.165) is 16.3 Å². The molecule has 0 spiro atoms. The fraction of sp³-hybridized carbons (Fsp3) is 0.235. The summed E-state index contributed by atoms with van der Waals surface area (Å²) in [4.78, 5) is 0. The van der Waals surface area contributed by atoms with Gasteiger partial charge >= 0.3 is 0 Å². The van der Waals surface area contributed by atoms with Crippen molar-refractivity contribution in [2.24, 2.45) is 5.10 Å². The minimum atomic E-state index is 0.694. The molecule has 0 bridgehead atoms. The van der Waals surface area contributed by atoms with Gasteiger partial charge in [-0.15, -0.1) is 0 Å². The molecule has 0 aliphatic carbocycles. The molecule has 2 aromatic rings. The minimum Gasteiger partial charge on any atom is -0.305 e. The lowest BCUT2D eigenvalue weighted by molar-refractivity contribution is 0.743. The first-order valence-electron chi connectivity index (χ1n) is 6.65. The molecule has 0 amide bonds.